The first kappa shape index (κ1) is 16.4. The van der Waals surface area contributed by atoms with Crippen molar-refractivity contribution in [1.29, 1.82) is 0 Å². The number of rotatable bonds is 4. The molecule has 0 bridgehead atoms. The second-order valence-electron chi connectivity index (χ2n) is 5.61. The number of aromatic nitrogens is 1. The number of H-pyrrole nitrogens is 1. The van der Waals surface area contributed by atoms with Gasteiger partial charge in [-0.25, -0.2) is 0 Å². The Labute approximate surface area is 144 Å². The number of phenols is 3. The number of phenolic OH excluding ortho intramolecular Hbond substituents is 3. The fourth-order valence-corrected chi connectivity index (χ4v) is 2.66. The fourth-order valence-electron chi connectivity index (χ4n) is 2.66. The van der Waals surface area contributed by atoms with Gasteiger partial charge in [0, 0.05) is 23.0 Å². The van der Waals surface area contributed by atoms with Crippen LogP contribution in [0.3, 0.4) is 0 Å². The van der Waals surface area contributed by atoms with Crippen LogP contribution in [0.1, 0.15) is 5.69 Å². The van der Waals surface area contributed by atoms with Crippen LogP contribution in [0.4, 0.5) is 0 Å². The minimum Gasteiger partial charge on any atom is -0.508 e. The van der Waals surface area contributed by atoms with E-state index in [1.807, 2.05) is 6.07 Å². The van der Waals surface area contributed by atoms with Gasteiger partial charge < -0.3 is 25.0 Å². The van der Waals surface area contributed by atoms with Gasteiger partial charge in [0.2, 0.25) is 0 Å². The second kappa shape index (κ2) is 6.60. The van der Waals surface area contributed by atoms with Gasteiger partial charge in [-0.05, 0) is 53.6 Å². The molecule has 0 unspecified atom stereocenters. The molecule has 6 nitrogen and oxygen atoms in total. The van der Waals surface area contributed by atoms with Gasteiger partial charge in [-0.3, -0.25) is 4.79 Å². The average Bonchev–Trinajstić information content (AvgIpc) is 2.98. The summed E-state index contributed by atoms with van der Waals surface area (Å²) in [4.78, 5) is 14.9. The van der Waals surface area contributed by atoms with Crippen molar-refractivity contribution < 1.29 is 24.9 Å². The van der Waals surface area contributed by atoms with Crippen LogP contribution in [0, 0.1) is 0 Å². The molecule has 0 radical (unpaired) electrons. The van der Waals surface area contributed by atoms with E-state index in [0.717, 1.165) is 11.3 Å². The highest BCUT2D eigenvalue weighted by molar-refractivity contribution is 5.81. The lowest BCUT2D eigenvalue weighted by molar-refractivity contribution is -0.139. The number of methoxy groups -OCH3 is 1. The van der Waals surface area contributed by atoms with Crippen LogP contribution in [0.25, 0.3) is 22.4 Å². The lowest BCUT2D eigenvalue weighted by atomic mass is 10.0. The summed E-state index contributed by atoms with van der Waals surface area (Å²) in [6, 6.07) is 12.7. The van der Waals surface area contributed by atoms with Crippen LogP contribution < -0.4 is 0 Å². The maximum Gasteiger partial charge on any atom is 0.311 e. The Bertz CT molecular complexity index is 892. The highest BCUT2D eigenvalue weighted by Crippen LogP contribution is 2.34. The first-order chi connectivity index (χ1) is 12.0. The first-order valence-electron chi connectivity index (χ1n) is 7.58. The summed E-state index contributed by atoms with van der Waals surface area (Å²) in [6.45, 7) is 0. The maximum atomic E-state index is 11.7. The molecular formula is C19H17NO5. The third-order valence-electron chi connectivity index (χ3n) is 3.84. The molecule has 6 heteroatoms. The van der Waals surface area contributed by atoms with Crippen LogP contribution in [0.15, 0.2) is 48.5 Å². The lowest BCUT2D eigenvalue weighted by Gasteiger charge is -2.05. The Balaban J connectivity index is 2.11. The number of carbonyl (C=O) groups excluding carboxylic acids is 1. The molecule has 25 heavy (non-hydrogen) atoms. The van der Waals surface area contributed by atoms with E-state index in [1.54, 1.807) is 24.3 Å². The predicted octanol–water partition coefficient (Wildman–Crippen LogP) is 3.18. The van der Waals surface area contributed by atoms with E-state index in [1.165, 1.54) is 25.3 Å². The third kappa shape index (κ3) is 3.58. The molecule has 1 aromatic heterocycles. The molecule has 0 aliphatic heterocycles. The molecule has 128 valence electrons. The van der Waals surface area contributed by atoms with E-state index < -0.39 is 5.97 Å². The molecule has 0 saturated heterocycles. The van der Waals surface area contributed by atoms with Crippen molar-refractivity contribution >= 4 is 5.97 Å². The Kier molecular flexibility index (Phi) is 4.35. The van der Waals surface area contributed by atoms with Crippen molar-refractivity contribution in [2.24, 2.45) is 0 Å². The Hall–Kier alpha value is -3.41. The van der Waals surface area contributed by atoms with E-state index in [2.05, 4.69) is 4.98 Å². The smallest absolute Gasteiger partial charge is 0.311 e. The maximum absolute atomic E-state index is 11.7. The Morgan fingerprint density at radius 1 is 0.920 bits per heavy atom. The quantitative estimate of drug-likeness (QED) is 0.547. The standard InChI is InChI=1S/C19H17NO5/c1-25-19(24)10-18-16(12-6-14(22)8-15(23)7-12)9-17(20-18)11-2-4-13(21)5-3-11/h2-9,20-23H,10H2,1H3. The van der Waals surface area contributed by atoms with Crippen molar-refractivity contribution in [2.75, 3.05) is 7.11 Å². The molecule has 0 aliphatic rings. The molecule has 0 aliphatic carbocycles. The zero-order valence-corrected chi connectivity index (χ0v) is 13.5. The molecule has 2 aromatic carbocycles. The van der Waals surface area contributed by atoms with Crippen LogP contribution >= 0.6 is 0 Å². The summed E-state index contributed by atoms with van der Waals surface area (Å²) in [7, 11) is 1.31. The normalized spacial score (nSPS) is 10.6. The molecule has 0 amide bonds. The number of nitrogens with one attached hydrogen (secondary N) is 1. The Morgan fingerprint density at radius 3 is 2.16 bits per heavy atom. The van der Waals surface area contributed by atoms with Gasteiger partial charge in [-0.1, -0.05) is 0 Å². The van der Waals surface area contributed by atoms with Gasteiger partial charge in [0.1, 0.15) is 17.2 Å². The molecule has 0 atom stereocenters. The van der Waals surface area contributed by atoms with E-state index in [4.69, 9.17) is 4.74 Å². The third-order valence-corrected chi connectivity index (χ3v) is 3.84. The minimum absolute atomic E-state index is 0.0142. The van der Waals surface area contributed by atoms with E-state index in [9.17, 15) is 20.1 Å². The van der Waals surface area contributed by atoms with Gasteiger partial charge in [0.05, 0.1) is 13.5 Å². The summed E-state index contributed by atoms with van der Waals surface area (Å²) in [5, 5.41) is 28.9. The SMILES string of the molecule is COC(=O)Cc1[nH]c(-c2ccc(O)cc2)cc1-c1cc(O)cc(O)c1. The summed E-state index contributed by atoms with van der Waals surface area (Å²) >= 11 is 0. The van der Waals surface area contributed by atoms with Crippen LogP contribution in [0.2, 0.25) is 0 Å². The highest BCUT2D eigenvalue weighted by atomic mass is 16.5. The summed E-state index contributed by atoms with van der Waals surface area (Å²) in [5.74, 6) is -0.411. The van der Waals surface area contributed by atoms with Crippen molar-refractivity contribution in [2.45, 2.75) is 6.42 Å². The molecule has 1 heterocycles. The molecule has 0 fully saturated rings. The second-order valence-corrected chi connectivity index (χ2v) is 5.61. The molecule has 0 saturated carbocycles. The number of ether oxygens (including phenoxy) is 1. The number of carbonyl (C=O) groups is 1. The summed E-state index contributed by atoms with van der Waals surface area (Å²) in [5.41, 5.74) is 3.38. The number of aromatic hydroxyl groups is 3. The molecule has 4 N–H and O–H groups in total. The number of hydrogen-bond acceptors (Lipinski definition) is 5. The van der Waals surface area contributed by atoms with Gasteiger partial charge in [0.25, 0.3) is 0 Å². The van der Waals surface area contributed by atoms with Crippen LogP contribution in [0.5, 0.6) is 17.2 Å². The number of esters is 1. The van der Waals surface area contributed by atoms with Gasteiger partial charge >= 0.3 is 5.97 Å². The zero-order valence-electron chi connectivity index (χ0n) is 13.5. The van der Waals surface area contributed by atoms with Crippen molar-refractivity contribution in [3.63, 3.8) is 0 Å². The monoisotopic (exact) mass is 339 g/mol. The number of benzene rings is 2. The molecular weight excluding hydrogens is 322 g/mol. The van der Waals surface area contributed by atoms with Gasteiger partial charge in [-0.2, -0.15) is 0 Å². The van der Waals surface area contributed by atoms with E-state index in [0.29, 0.717) is 16.8 Å². The first-order valence-corrected chi connectivity index (χ1v) is 7.58. The van der Waals surface area contributed by atoms with Gasteiger partial charge in [-0.15, -0.1) is 0 Å². The predicted molar refractivity (Wildman–Crippen MR) is 92.4 cm³/mol. The Morgan fingerprint density at radius 2 is 1.56 bits per heavy atom. The zero-order chi connectivity index (χ0) is 18.0. The van der Waals surface area contributed by atoms with Crippen molar-refractivity contribution in [3.8, 4) is 39.6 Å². The van der Waals surface area contributed by atoms with Crippen LogP contribution in [-0.2, 0) is 16.0 Å². The topological polar surface area (TPSA) is 103 Å². The number of hydrogen-bond donors (Lipinski definition) is 4. The fraction of sp³-hybridized carbons (Fsp3) is 0.105. The molecule has 0 spiro atoms. The lowest BCUT2D eigenvalue weighted by Crippen LogP contribution is -2.05. The van der Waals surface area contributed by atoms with Crippen LogP contribution in [-0.4, -0.2) is 33.4 Å². The molecule has 3 rings (SSSR count). The minimum atomic E-state index is -0.412. The van der Waals surface area contributed by atoms with Crippen molar-refractivity contribution in [3.05, 3.63) is 54.2 Å². The highest BCUT2D eigenvalue weighted by Gasteiger charge is 2.16. The summed E-state index contributed by atoms with van der Waals surface area (Å²) in [6.07, 6.45) is 0.0142. The average molecular weight is 339 g/mol. The summed E-state index contributed by atoms with van der Waals surface area (Å²) < 4.78 is 4.73. The largest absolute Gasteiger partial charge is 0.508 e. The molecule has 3 aromatic rings. The van der Waals surface area contributed by atoms with E-state index in [-0.39, 0.29) is 23.7 Å². The van der Waals surface area contributed by atoms with Crippen molar-refractivity contribution in [1.82, 2.24) is 4.98 Å². The number of aromatic amines is 1. The van der Waals surface area contributed by atoms with E-state index >= 15 is 0 Å². The van der Waals surface area contributed by atoms with Gasteiger partial charge in [0.15, 0.2) is 0 Å².